The maximum atomic E-state index is 12.2. The van der Waals surface area contributed by atoms with E-state index in [2.05, 4.69) is 10.5 Å². The van der Waals surface area contributed by atoms with Gasteiger partial charge in [-0.1, -0.05) is 30.3 Å². The van der Waals surface area contributed by atoms with Crippen molar-refractivity contribution in [3.05, 3.63) is 99.6 Å². The third kappa shape index (κ3) is 5.39. The largest absolute Gasteiger partial charge is 0.502 e. The molecule has 0 saturated heterocycles. The van der Waals surface area contributed by atoms with Crippen LogP contribution in [0.25, 0.3) is 0 Å². The molecular weight excluding hydrogens is 374 g/mol. The Bertz CT molecular complexity index is 1030. The maximum Gasteiger partial charge on any atom is 0.311 e. The van der Waals surface area contributed by atoms with Crippen molar-refractivity contribution < 1.29 is 19.6 Å². The Morgan fingerprint density at radius 3 is 2.52 bits per heavy atom. The van der Waals surface area contributed by atoms with Gasteiger partial charge in [0.1, 0.15) is 12.4 Å². The van der Waals surface area contributed by atoms with Crippen LogP contribution in [0.4, 0.5) is 5.69 Å². The number of carbonyl (C=O) groups excluding carboxylic acids is 1. The summed E-state index contributed by atoms with van der Waals surface area (Å²) in [6.45, 7) is 0.379. The number of aromatic hydroxyl groups is 1. The molecule has 8 nitrogen and oxygen atoms in total. The van der Waals surface area contributed by atoms with Crippen LogP contribution >= 0.6 is 0 Å². The minimum atomic E-state index is -0.700. The number of carbonyl (C=O) groups is 1. The summed E-state index contributed by atoms with van der Waals surface area (Å²) in [5.74, 6) is -0.101. The molecule has 8 heteroatoms. The lowest BCUT2D eigenvalue weighted by Crippen LogP contribution is -2.17. The summed E-state index contributed by atoms with van der Waals surface area (Å²) in [5.41, 5.74) is 3.60. The maximum absolute atomic E-state index is 12.2. The first kappa shape index (κ1) is 19.6. The molecule has 29 heavy (non-hydrogen) atoms. The van der Waals surface area contributed by atoms with Crippen molar-refractivity contribution >= 4 is 17.8 Å². The standard InChI is InChI=1S/C21H17N3O5/c25-20-11-8-16(12-19(20)24(27)28)13-22-23-21(26)17-9-6-15(7-10-17)14-29-18-4-2-1-3-5-18/h1-13,25H,14H2,(H,23,26)/b22-13-. The average molecular weight is 391 g/mol. The highest BCUT2D eigenvalue weighted by Crippen LogP contribution is 2.25. The van der Waals surface area contributed by atoms with Crippen LogP contribution in [0.3, 0.4) is 0 Å². The van der Waals surface area contributed by atoms with E-state index in [1.54, 1.807) is 24.3 Å². The van der Waals surface area contributed by atoms with Gasteiger partial charge in [0.05, 0.1) is 11.1 Å². The Balaban J connectivity index is 1.56. The number of hydrogen-bond acceptors (Lipinski definition) is 6. The number of benzene rings is 3. The number of amides is 1. The normalized spacial score (nSPS) is 10.6. The molecule has 0 heterocycles. The van der Waals surface area contributed by atoms with Crippen LogP contribution in [0.1, 0.15) is 21.5 Å². The summed E-state index contributed by atoms with van der Waals surface area (Å²) in [5, 5.41) is 24.0. The molecule has 0 spiro atoms. The number of hydrogen-bond donors (Lipinski definition) is 2. The fraction of sp³-hybridized carbons (Fsp3) is 0.0476. The molecule has 0 aliphatic heterocycles. The fourth-order valence-corrected chi connectivity index (χ4v) is 2.43. The van der Waals surface area contributed by atoms with Gasteiger partial charge in [0.2, 0.25) is 0 Å². The Hall–Kier alpha value is -4.20. The number of ether oxygens (including phenoxy) is 1. The van der Waals surface area contributed by atoms with Gasteiger partial charge in [-0.15, -0.1) is 0 Å². The fourth-order valence-electron chi connectivity index (χ4n) is 2.43. The van der Waals surface area contributed by atoms with Gasteiger partial charge in [0.15, 0.2) is 5.75 Å². The number of hydrazone groups is 1. The highest BCUT2D eigenvalue weighted by molar-refractivity contribution is 5.95. The Labute approximate surface area is 166 Å². The molecule has 3 aromatic rings. The van der Waals surface area contributed by atoms with E-state index in [-0.39, 0.29) is 0 Å². The number of nitrogens with one attached hydrogen (secondary N) is 1. The van der Waals surface area contributed by atoms with Gasteiger partial charge in [0.25, 0.3) is 5.91 Å². The summed E-state index contributed by atoms with van der Waals surface area (Å²) in [7, 11) is 0. The molecule has 0 aliphatic rings. The SMILES string of the molecule is O=C(N/N=C\c1ccc(O)c([N+](=O)[O-])c1)c1ccc(COc2ccccc2)cc1. The van der Waals surface area contributed by atoms with Crippen molar-refractivity contribution in [2.45, 2.75) is 6.61 Å². The van der Waals surface area contributed by atoms with E-state index in [0.717, 1.165) is 17.4 Å². The van der Waals surface area contributed by atoms with Gasteiger partial charge in [0, 0.05) is 17.2 Å². The van der Waals surface area contributed by atoms with Crippen molar-refractivity contribution in [3.8, 4) is 11.5 Å². The van der Waals surface area contributed by atoms with Gasteiger partial charge in [-0.3, -0.25) is 14.9 Å². The Kier molecular flexibility index (Phi) is 6.16. The smallest absolute Gasteiger partial charge is 0.311 e. The van der Waals surface area contributed by atoms with Crippen LogP contribution in [0, 0.1) is 10.1 Å². The van der Waals surface area contributed by atoms with E-state index in [0.29, 0.717) is 17.7 Å². The van der Waals surface area contributed by atoms with Crippen molar-refractivity contribution in [2.24, 2.45) is 5.10 Å². The zero-order valence-electron chi connectivity index (χ0n) is 15.2. The van der Waals surface area contributed by atoms with Crippen LogP contribution in [0.15, 0.2) is 77.9 Å². The lowest BCUT2D eigenvalue weighted by molar-refractivity contribution is -0.385. The van der Waals surface area contributed by atoms with Gasteiger partial charge < -0.3 is 9.84 Å². The average Bonchev–Trinajstić information content (AvgIpc) is 2.74. The number of nitrogens with zero attached hydrogens (tertiary/aromatic N) is 2. The predicted octanol–water partition coefficient (Wildman–Crippen LogP) is 3.64. The Morgan fingerprint density at radius 2 is 1.83 bits per heavy atom. The van der Waals surface area contributed by atoms with Gasteiger partial charge in [-0.2, -0.15) is 5.10 Å². The second-order valence-corrected chi connectivity index (χ2v) is 6.00. The monoisotopic (exact) mass is 391 g/mol. The van der Waals surface area contributed by atoms with E-state index in [4.69, 9.17) is 4.74 Å². The molecule has 0 saturated carbocycles. The number of nitro groups is 1. The summed E-state index contributed by atoms with van der Waals surface area (Å²) in [4.78, 5) is 22.3. The van der Waals surface area contributed by atoms with Crippen LogP contribution in [0.2, 0.25) is 0 Å². The molecule has 3 rings (SSSR count). The first-order chi connectivity index (χ1) is 14.0. The van der Waals surface area contributed by atoms with Gasteiger partial charge in [-0.05, 0) is 42.0 Å². The highest BCUT2D eigenvalue weighted by atomic mass is 16.6. The Morgan fingerprint density at radius 1 is 1.10 bits per heavy atom. The molecule has 146 valence electrons. The molecule has 1 amide bonds. The quantitative estimate of drug-likeness (QED) is 0.363. The lowest BCUT2D eigenvalue weighted by Gasteiger charge is -2.06. The molecule has 0 aromatic heterocycles. The zero-order valence-corrected chi connectivity index (χ0v) is 15.2. The van der Waals surface area contributed by atoms with E-state index in [1.807, 2.05) is 30.3 Å². The summed E-state index contributed by atoms with van der Waals surface area (Å²) < 4.78 is 5.65. The highest BCUT2D eigenvalue weighted by Gasteiger charge is 2.12. The third-order valence-corrected chi connectivity index (χ3v) is 3.94. The van der Waals surface area contributed by atoms with Crippen LogP contribution in [0.5, 0.6) is 11.5 Å². The molecular formula is C21H17N3O5. The first-order valence-electron chi connectivity index (χ1n) is 8.60. The van der Waals surface area contributed by atoms with Crippen LogP contribution < -0.4 is 10.2 Å². The van der Waals surface area contributed by atoms with Crippen LogP contribution in [-0.4, -0.2) is 22.2 Å². The summed E-state index contributed by atoms with van der Waals surface area (Å²) in [6.07, 6.45) is 1.26. The topological polar surface area (TPSA) is 114 Å². The predicted molar refractivity (Wildman–Crippen MR) is 107 cm³/mol. The van der Waals surface area contributed by atoms with Gasteiger partial charge >= 0.3 is 5.69 Å². The third-order valence-electron chi connectivity index (χ3n) is 3.94. The molecule has 0 unspecified atom stereocenters. The molecule has 0 bridgehead atoms. The molecule has 0 aliphatic carbocycles. The van der Waals surface area contributed by atoms with Crippen molar-refractivity contribution in [1.82, 2.24) is 5.43 Å². The summed E-state index contributed by atoms with van der Waals surface area (Å²) in [6, 6.07) is 20.1. The minimum Gasteiger partial charge on any atom is -0.502 e. The van der Waals surface area contributed by atoms with Crippen LogP contribution in [-0.2, 0) is 6.61 Å². The van der Waals surface area contributed by atoms with Crippen molar-refractivity contribution in [3.63, 3.8) is 0 Å². The molecule has 3 aromatic carbocycles. The summed E-state index contributed by atoms with van der Waals surface area (Å²) >= 11 is 0. The first-order valence-corrected chi connectivity index (χ1v) is 8.60. The van der Waals surface area contributed by atoms with E-state index in [1.165, 1.54) is 18.3 Å². The number of nitro benzene ring substituents is 1. The molecule has 0 fully saturated rings. The zero-order chi connectivity index (χ0) is 20.6. The minimum absolute atomic E-state index is 0.364. The molecule has 0 atom stereocenters. The number of phenolic OH excluding ortho intramolecular Hbond substituents is 1. The van der Waals surface area contributed by atoms with E-state index >= 15 is 0 Å². The van der Waals surface area contributed by atoms with Crippen molar-refractivity contribution in [1.29, 1.82) is 0 Å². The lowest BCUT2D eigenvalue weighted by atomic mass is 10.1. The number of rotatable bonds is 7. The number of phenols is 1. The second kappa shape index (κ2) is 9.14. The van der Waals surface area contributed by atoms with Gasteiger partial charge in [-0.25, -0.2) is 5.43 Å². The van der Waals surface area contributed by atoms with E-state index in [9.17, 15) is 20.0 Å². The molecule has 2 N–H and O–H groups in total. The second-order valence-electron chi connectivity index (χ2n) is 6.00. The molecule has 0 radical (unpaired) electrons. The van der Waals surface area contributed by atoms with E-state index < -0.39 is 22.3 Å². The van der Waals surface area contributed by atoms with Crippen molar-refractivity contribution in [2.75, 3.05) is 0 Å². The number of para-hydroxylation sites is 1.